The summed E-state index contributed by atoms with van der Waals surface area (Å²) in [5.74, 6) is -2.10. The van der Waals surface area contributed by atoms with Crippen molar-refractivity contribution in [3.05, 3.63) is 35.6 Å². The van der Waals surface area contributed by atoms with Crippen molar-refractivity contribution >= 4 is 11.9 Å². The molecule has 4 N–H and O–H groups in total. The highest BCUT2D eigenvalue weighted by Gasteiger charge is 2.19. The van der Waals surface area contributed by atoms with E-state index < -0.39 is 23.7 Å². The molecule has 17 heavy (non-hydrogen) atoms. The Bertz CT molecular complexity index is 406. The Hall–Kier alpha value is -1.95. The normalized spacial score (nSPS) is 11.9. The van der Waals surface area contributed by atoms with Gasteiger partial charge in [-0.3, -0.25) is 4.79 Å². The summed E-state index contributed by atoms with van der Waals surface area (Å²) in [6.45, 7) is -0.271. The average molecular weight is 240 g/mol. The number of aliphatic carboxylic acids is 1. The van der Waals surface area contributed by atoms with Gasteiger partial charge in [0.2, 0.25) is 5.91 Å². The highest BCUT2D eigenvalue weighted by atomic mass is 19.1. The van der Waals surface area contributed by atoms with E-state index in [0.717, 1.165) is 0 Å². The molecule has 1 atom stereocenters. The van der Waals surface area contributed by atoms with Gasteiger partial charge in [0.1, 0.15) is 11.9 Å². The third-order valence-corrected chi connectivity index (χ3v) is 2.17. The van der Waals surface area contributed by atoms with E-state index in [0.29, 0.717) is 5.56 Å². The number of amides is 1. The van der Waals surface area contributed by atoms with Gasteiger partial charge in [0.25, 0.3) is 0 Å². The van der Waals surface area contributed by atoms with E-state index in [-0.39, 0.29) is 13.0 Å². The first-order valence-corrected chi connectivity index (χ1v) is 4.99. The number of hydrogen-bond acceptors (Lipinski definition) is 3. The lowest BCUT2D eigenvalue weighted by molar-refractivity contribution is -0.141. The van der Waals surface area contributed by atoms with Crippen LogP contribution >= 0.6 is 0 Å². The first kappa shape index (κ1) is 13.1. The summed E-state index contributed by atoms with van der Waals surface area (Å²) >= 11 is 0. The third kappa shape index (κ3) is 4.20. The van der Waals surface area contributed by atoms with Gasteiger partial charge in [0.05, 0.1) is 6.54 Å². The first-order valence-electron chi connectivity index (χ1n) is 4.99. The van der Waals surface area contributed by atoms with Crippen LogP contribution in [0.15, 0.2) is 24.3 Å². The van der Waals surface area contributed by atoms with Gasteiger partial charge in [0.15, 0.2) is 0 Å². The number of hydrogen-bond donors (Lipinski definition) is 3. The van der Waals surface area contributed by atoms with Crippen LogP contribution in [-0.4, -0.2) is 29.6 Å². The van der Waals surface area contributed by atoms with Gasteiger partial charge in [-0.15, -0.1) is 0 Å². The molecule has 0 aromatic heterocycles. The molecule has 0 saturated heterocycles. The van der Waals surface area contributed by atoms with Gasteiger partial charge in [-0.05, 0) is 17.7 Å². The van der Waals surface area contributed by atoms with Crippen LogP contribution in [0.25, 0.3) is 0 Å². The Morgan fingerprint density at radius 2 is 1.94 bits per heavy atom. The fraction of sp³-hybridized carbons (Fsp3) is 0.273. The molecular formula is C11H13FN2O3. The maximum Gasteiger partial charge on any atom is 0.326 e. The van der Waals surface area contributed by atoms with Crippen LogP contribution in [0, 0.1) is 5.82 Å². The van der Waals surface area contributed by atoms with Crippen molar-refractivity contribution in [2.24, 2.45) is 5.73 Å². The van der Waals surface area contributed by atoms with E-state index in [4.69, 9.17) is 10.8 Å². The van der Waals surface area contributed by atoms with E-state index in [1.807, 2.05) is 0 Å². The summed E-state index contributed by atoms with van der Waals surface area (Å²) in [7, 11) is 0. The van der Waals surface area contributed by atoms with Gasteiger partial charge < -0.3 is 16.2 Å². The molecule has 1 aromatic rings. The zero-order valence-electron chi connectivity index (χ0n) is 9.02. The monoisotopic (exact) mass is 240 g/mol. The van der Waals surface area contributed by atoms with Crippen molar-refractivity contribution in [1.82, 2.24) is 5.32 Å². The van der Waals surface area contributed by atoms with Crippen molar-refractivity contribution < 1.29 is 19.1 Å². The maximum absolute atomic E-state index is 12.6. The van der Waals surface area contributed by atoms with Gasteiger partial charge in [-0.25, -0.2) is 9.18 Å². The Labute approximate surface area is 97.4 Å². The first-order chi connectivity index (χ1) is 8.02. The summed E-state index contributed by atoms with van der Waals surface area (Å²) in [5.41, 5.74) is 5.70. The van der Waals surface area contributed by atoms with Gasteiger partial charge in [-0.2, -0.15) is 0 Å². The number of nitrogens with one attached hydrogen (secondary N) is 1. The van der Waals surface area contributed by atoms with E-state index in [2.05, 4.69) is 5.32 Å². The zero-order chi connectivity index (χ0) is 12.8. The second kappa shape index (κ2) is 5.95. The number of carbonyl (C=O) groups is 2. The summed E-state index contributed by atoms with van der Waals surface area (Å²) in [6.07, 6.45) is 0.0847. The molecule has 0 aliphatic heterocycles. The molecule has 0 radical (unpaired) electrons. The molecule has 0 unspecified atom stereocenters. The Kier molecular flexibility index (Phi) is 4.59. The molecular weight excluding hydrogens is 227 g/mol. The molecule has 0 saturated carbocycles. The highest BCUT2D eigenvalue weighted by molar-refractivity contribution is 5.84. The number of carboxylic acids is 1. The number of rotatable bonds is 5. The largest absolute Gasteiger partial charge is 0.480 e. The maximum atomic E-state index is 12.6. The van der Waals surface area contributed by atoms with Crippen molar-refractivity contribution in [2.75, 3.05) is 6.54 Å². The molecule has 92 valence electrons. The molecule has 1 rings (SSSR count). The van der Waals surface area contributed by atoms with Crippen LogP contribution in [0.2, 0.25) is 0 Å². The lowest BCUT2D eigenvalue weighted by atomic mass is 10.1. The second-order valence-corrected chi connectivity index (χ2v) is 3.49. The van der Waals surface area contributed by atoms with E-state index in [1.54, 1.807) is 0 Å². The van der Waals surface area contributed by atoms with Crippen molar-refractivity contribution in [1.29, 1.82) is 0 Å². The summed E-state index contributed by atoms with van der Waals surface area (Å²) < 4.78 is 12.6. The van der Waals surface area contributed by atoms with Crippen LogP contribution in [0.5, 0.6) is 0 Å². The Morgan fingerprint density at radius 3 is 2.41 bits per heavy atom. The van der Waals surface area contributed by atoms with E-state index in [9.17, 15) is 14.0 Å². The predicted octanol–water partition coefficient (Wildman–Crippen LogP) is -0.104. The molecule has 0 bridgehead atoms. The topological polar surface area (TPSA) is 92.4 Å². The predicted molar refractivity (Wildman–Crippen MR) is 58.7 cm³/mol. The molecule has 0 spiro atoms. The molecule has 0 heterocycles. The van der Waals surface area contributed by atoms with Crippen LogP contribution in [0.1, 0.15) is 5.56 Å². The minimum absolute atomic E-state index is 0.0847. The minimum atomic E-state index is -1.16. The Balaban J connectivity index is 2.70. The lowest BCUT2D eigenvalue weighted by Gasteiger charge is -2.13. The summed E-state index contributed by atoms with van der Waals surface area (Å²) in [5, 5.41) is 11.2. The van der Waals surface area contributed by atoms with Crippen molar-refractivity contribution in [3.8, 4) is 0 Å². The molecule has 0 fully saturated rings. The number of carbonyl (C=O) groups excluding carboxylic acids is 1. The van der Waals surface area contributed by atoms with Crippen molar-refractivity contribution in [3.63, 3.8) is 0 Å². The molecule has 0 aliphatic carbocycles. The van der Waals surface area contributed by atoms with E-state index >= 15 is 0 Å². The highest BCUT2D eigenvalue weighted by Crippen LogP contribution is 2.06. The summed E-state index contributed by atoms with van der Waals surface area (Å²) in [4.78, 5) is 21.9. The number of benzene rings is 1. The molecule has 0 aliphatic rings. The van der Waals surface area contributed by atoms with Crippen molar-refractivity contribution in [2.45, 2.75) is 12.5 Å². The van der Waals surface area contributed by atoms with E-state index in [1.165, 1.54) is 24.3 Å². The standard InChI is InChI=1S/C11H13FN2O3/c12-8-3-1-7(2-4-8)5-9(11(16)17)14-10(15)6-13/h1-4,9H,5-6,13H2,(H,14,15)(H,16,17)/t9-/m0/s1. The second-order valence-electron chi connectivity index (χ2n) is 3.49. The quantitative estimate of drug-likeness (QED) is 0.670. The van der Waals surface area contributed by atoms with Gasteiger partial charge in [-0.1, -0.05) is 12.1 Å². The number of halogens is 1. The SMILES string of the molecule is NCC(=O)N[C@@H](Cc1ccc(F)cc1)C(=O)O. The number of nitrogens with two attached hydrogens (primary N) is 1. The van der Waals surface area contributed by atoms with Gasteiger partial charge >= 0.3 is 5.97 Å². The molecule has 5 nitrogen and oxygen atoms in total. The zero-order valence-corrected chi connectivity index (χ0v) is 9.02. The van der Waals surface area contributed by atoms with Crippen LogP contribution < -0.4 is 11.1 Å². The van der Waals surface area contributed by atoms with Gasteiger partial charge in [0, 0.05) is 6.42 Å². The Morgan fingerprint density at radius 1 is 1.35 bits per heavy atom. The average Bonchev–Trinajstić information content (AvgIpc) is 2.30. The fourth-order valence-corrected chi connectivity index (χ4v) is 1.31. The fourth-order valence-electron chi connectivity index (χ4n) is 1.31. The van der Waals surface area contributed by atoms with Crippen LogP contribution in [-0.2, 0) is 16.0 Å². The third-order valence-electron chi connectivity index (χ3n) is 2.17. The lowest BCUT2D eigenvalue weighted by Crippen LogP contribution is -2.44. The smallest absolute Gasteiger partial charge is 0.326 e. The molecule has 1 aromatic carbocycles. The summed E-state index contributed by atoms with van der Waals surface area (Å²) in [6, 6.07) is 4.36. The van der Waals surface area contributed by atoms with Crippen LogP contribution in [0.4, 0.5) is 4.39 Å². The molecule has 1 amide bonds. The number of carboxylic acid groups (broad SMARTS) is 1. The minimum Gasteiger partial charge on any atom is -0.480 e. The molecule has 6 heteroatoms. The van der Waals surface area contributed by atoms with Crippen LogP contribution in [0.3, 0.4) is 0 Å².